The Morgan fingerprint density at radius 2 is 2.00 bits per heavy atom. The zero-order chi connectivity index (χ0) is 15.2. The van der Waals surface area contributed by atoms with E-state index in [1.807, 2.05) is 0 Å². The highest BCUT2D eigenvalue weighted by atomic mass is 35.5. The Morgan fingerprint density at radius 1 is 1.24 bits per heavy atom. The molecule has 1 unspecified atom stereocenters. The third-order valence-corrected chi connectivity index (χ3v) is 3.90. The minimum Gasteiger partial charge on any atom is -0.495 e. The fourth-order valence-electron chi connectivity index (χ4n) is 2.43. The molecule has 0 spiro atoms. The molecule has 1 aliphatic rings. The summed E-state index contributed by atoms with van der Waals surface area (Å²) in [6.07, 6.45) is 4.18. The topological polar surface area (TPSA) is 59.6 Å². The fourth-order valence-corrected chi connectivity index (χ4v) is 2.66. The van der Waals surface area contributed by atoms with E-state index < -0.39 is 0 Å². The predicted molar refractivity (Wildman–Crippen MR) is 83.4 cm³/mol. The maximum absolute atomic E-state index is 12.4. The Morgan fingerprint density at radius 3 is 2.71 bits per heavy atom. The maximum Gasteiger partial charge on any atom is 0.241 e. The summed E-state index contributed by atoms with van der Waals surface area (Å²) in [5.41, 5.74) is 0.565. The zero-order valence-electron chi connectivity index (χ0n) is 12.4. The summed E-state index contributed by atoms with van der Waals surface area (Å²) in [6, 6.07) is 3.14. The van der Waals surface area contributed by atoms with Crippen molar-refractivity contribution in [1.29, 1.82) is 0 Å². The van der Waals surface area contributed by atoms with Crippen molar-refractivity contribution in [3.05, 3.63) is 17.2 Å². The van der Waals surface area contributed by atoms with Gasteiger partial charge in [0.15, 0.2) is 0 Å². The molecule has 2 N–H and O–H groups in total. The van der Waals surface area contributed by atoms with Gasteiger partial charge in [-0.2, -0.15) is 0 Å². The molecule has 0 radical (unpaired) electrons. The van der Waals surface area contributed by atoms with Crippen molar-refractivity contribution in [3.8, 4) is 11.5 Å². The molecule has 1 atom stereocenters. The van der Waals surface area contributed by atoms with Gasteiger partial charge in [0.1, 0.15) is 11.5 Å². The first-order chi connectivity index (χ1) is 10.2. The average molecular weight is 313 g/mol. The molecule has 1 heterocycles. The SMILES string of the molecule is COc1cc(NC(=O)C2CCCCCN2)c(OC)cc1Cl. The first-order valence-electron chi connectivity index (χ1n) is 7.11. The van der Waals surface area contributed by atoms with Crippen molar-refractivity contribution in [2.75, 3.05) is 26.1 Å². The van der Waals surface area contributed by atoms with Crippen LogP contribution in [0.5, 0.6) is 11.5 Å². The molecule has 2 rings (SSSR count). The molecule has 5 nitrogen and oxygen atoms in total. The monoisotopic (exact) mass is 312 g/mol. The van der Waals surface area contributed by atoms with Crippen LogP contribution in [0.25, 0.3) is 0 Å². The Labute approximate surface area is 130 Å². The highest BCUT2D eigenvalue weighted by molar-refractivity contribution is 6.32. The number of benzene rings is 1. The Hall–Kier alpha value is -1.46. The van der Waals surface area contributed by atoms with Crippen LogP contribution in [0.3, 0.4) is 0 Å². The van der Waals surface area contributed by atoms with E-state index in [2.05, 4.69) is 10.6 Å². The van der Waals surface area contributed by atoms with Crippen LogP contribution in [0.4, 0.5) is 5.69 Å². The highest BCUT2D eigenvalue weighted by Crippen LogP contribution is 2.36. The smallest absolute Gasteiger partial charge is 0.241 e. The molecule has 1 aliphatic heterocycles. The minimum atomic E-state index is -0.168. The third kappa shape index (κ3) is 4.02. The number of ether oxygens (including phenoxy) is 2. The van der Waals surface area contributed by atoms with E-state index in [1.165, 1.54) is 14.2 Å². The van der Waals surface area contributed by atoms with Crippen molar-refractivity contribution in [2.24, 2.45) is 0 Å². The van der Waals surface area contributed by atoms with E-state index >= 15 is 0 Å². The van der Waals surface area contributed by atoms with Gasteiger partial charge in [0.25, 0.3) is 0 Å². The molecule has 6 heteroatoms. The number of anilines is 1. The number of methoxy groups -OCH3 is 2. The van der Waals surface area contributed by atoms with Gasteiger partial charge in [-0.15, -0.1) is 0 Å². The molecular weight excluding hydrogens is 292 g/mol. The summed E-state index contributed by atoms with van der Waals surface area (Å²) >= 11 is 6.06. The predicted octanol–water partition coefficient (Wildman–Crippen LogP) is 2.83. The quantitative estimate of drug-likeness (QED) is 0.897. The fraction of sp³-hybridized carbons (Fsp3) is 0.533. The molecule has 116 valence electrons. The number of hydrogen-bond donors (Lipinski definition) is 2. The van der Waals surface area contributed by atoms with Gasteiger partial charge in [0.2, 0.25) is 5.91 Å². The first kappa shape index (κ1) is 15.9. The van der Waals surface area contributed by atoms with Crippen LogP contribution >= 0.6 is 11.6 Å². The lowest BCUT2D eigenvalue weighted by atomic mass is 10.1. The molecule has 0 saturated carbocycles. The van der Waals surface area contributed by atoms with Gasteiger partial charge in [0, 0.05) is 12.1 Å². The summed E-state index contributed by atoms with van der Waals surface area (Å²) in [7, 11) is 3.07. The number of hydrogen-bond acceptors (Lipinski definition) is 4. The third-order valence-electron chi connectivity index (χ3n) is 3.61. The lowest BCUT2D eigenvalue weighted by molar-refractivity contribution is -0.118. The largest absolute Gasteiger partial charge is 0.495 e. The van der Waals surface area contributed by atoms with Crippen LogP contribution in [-0.4, -0.2) is 32.7 Å². The van der Waals surface area contributed by atoms with Crippen molar-refractivity contribution in [2.45, 2.75) is 31.7 Å². The molecular formula is C15H21ClN2O3. The number of halogens is 1. The van der Waals surface area contributed by atoms with Crippen LogP contribution in [0.15, 0.2) is 12.1 Å². The molecule has 1 aromatic rings. The lowest BCUT2D eigenvalue weighted by Gasteiger charge is -2.18. The summed E-state index contributed by atoms with van der Waals surface area (Å²) < 4.78 is 10.4. The lowest BCUT2D eigenvalue weighted by Crippen LogP contribution is -2.39. The van der Waals surface area contributed by atoms with Crippen molar-refractivity contribution < 1.29 is 14.3 Å². The van der Waals surface area contributed by atoms with Gasteiger partial charge in [-0.25, -0.2) is 0 Å². The van der Waals surface area contributed by atoms with Gasteiger partial charge < -0.3 is 20.1 Å². The van der Waals surface area contributed by atoms with E-state index in [0.29, 0.717) is 22.2 Å². The number of carbonyl (C=O) groups is 1. The van der Waals surface area contributed by atoms with Crippen LogP contribution in [0, 0.1) is 0 Å². The second kappa shape index (κ2) is 7.52. The molecule has 1 saturated heterocycles. The van der Waals surface area contributed by atoms with Gasteiger partial charge >= 0.3 is 0 Å². The molecule has 1 aromatic carbocycles. The molecule has 0 bridgehead atoms. The maximum atomic E-state index is 12.4. The molecule has 1 amide bonds. The van der Waals surface area contributed by atoms with Crippen LogP contribution in [-0.2, 0) is 4.79 Å². The second-order valence-corrected chi connectivity index (χ2v) is 5.44. The second-order valence-electron chi connectivity index (χ2n) is 5.03. The summed E-state index contributed by atoms with van der Waals surface area (Å²) in [5.74, 6) is 0.962. The molecule has 0 aromatic heterocycles. The Bertz CT molecular complexity index is 500. The van der Waals surface area contributed by atoms with E-state index in [-0.39, 0.29) is 11.9 Å². The summed E-state index contributed by atoms with van der Waals surface area (Å²) in [5, 5.41) is 6.61. The average Bonchev–Trinajstić information content (AvgIpc) is 2.77. The number of rotatable bonds is 4. The summed E-state index contributed by atoms with van der Waals surface area (Å²) in [6.45, 7) is 0.874. The van der Waals surface area contributed by atoms with Gasteiger partial charge in [-0.1, -0.05) is 24.4 Å². The van der Waals surface area contributed by atoms with Crippen molar-refractivity contribution in [3.63, 3.8) is 0 Å². The Balaban J connectivity index is 2.15. The zero-order valence-corrected chi connectivity index (χ0v) is 13.1. The van der Waals surface area contributed by atoms with Crippen LogP contribution in [0.1, 0.15) is 25.7 Å². The van der Waals surface area contributed by atoms with E-state index in [9.17, 15) is 4.79 Å². The number of carbonyl (C=O) groups excluding carboxylic acids is 1. The molecule has 1 fully saturated rings. The molecule has 21 heavy (non-hydrogen) atoms. The van der Waals surface area contributed by atoms with E-state index in [4.69, 9.17) is 21.1 Å². The normalized spacial score (nSPS) is 18.7. The minimum absolute atomic E-state index is 0.0559. The van der Waals surface area contributed by atoms with Crippen molar-refractivity contribution >= 4 is 23.2 Å². The van der Waals surface area contributed by atoms with Crippen LogP contribution in [0.2, 0.25) is 5.02 Å². The number of nitrogens with one attached hydrogen (secondary N) is 2. The standard InChI is InChI=1S/C15H21ClN2O3/c1-20-13-9-12(14(21-2)8-10(13)16)18-15(19)11-6-4-3-5-7-17-11/h8-9,11,17H,3-7H2,1-2H3,(H,18,19). The Kier molecular flexibility index (Phi) is 5.70. The van der Waals surface area contributed by atoms with E-state index in [0.717, 1.165) is 32.2 Å². The van der Waals surface area contributed by atoms with Gasteiger partial charge in [0.05, 0.1) is 31.0 Å². The molecule has 0 aliphatic carbocycles. The first-order valence-corrected chi connectivity index (χ1v) is 7.49. The number of amides is 1. The van der Waals surface area contributed by atoms with Gasteiger partial charge in [-0.05, 0) is 19.4 Å². The van der Waals surface area contributed by atoms with E-state index in [1.54, 1.807) is 12.1 Å². The van der Waals surface area contributed by atoms with Gasteiger partial charge in [-0.3, -0.25) is 4.79 Å². The van der Waals surface area contributed by atoms with Crippen LogP contribution < -0.4 is 20.1 Å². The van der Waals surface area contributed by atoms with Crippen molar-refractivity contribution in [1.82, 2.24) is 5.32 Å². The highest BCUT2D eigenvalue weighted by Gasteiger charge is 2.21. The summed E-state index contributed by atoms with van der Waals surface area (Å²) in [4.78, 5) is 12.4.